The molecule has 4 rings (SSSR count). The number of carbonyl (C=O) groups excluding carboxylic acids is 2. The third kappa shape index (κ3) is 8.48. The molecule has 2 N–H and O–H groups in total. The lowest BCUT2D eigenvalue weighted by atomic mass is 10.0. The molecule has 9 heteroatoms. The van der Waals surface area contributed by atoms with Gasteiger partial charge < -0.3 is 15.3 Å². The van der Waals surface area contributed by atoms with E-state index in [9.17, 15) is 23.1 Å². The van der Waals surface area contributed by atoms with Gasteiger partial charge in [-0.05, 0) is 54.5 Å². The highest BCUT2D eigenvalue weighted by Gasteiger charge is 2.30. The number of aryl methyl sites for hydroxylation is 1. The molecule has 8 nitrogen and oxygen atoms in total. The Bertz CT molecular complexity index is 1360. The van der Waals surface area contributed by atoms with Crippen LogP contribution in [0, 0.1) is 0 Å². The number of hydrogen-bond acceptors (Lipinski definition) is 5. The number of rotatable bonds is 14. The highest BCUT2D eigenvalue weighted by molar-refractivity contribution is 7.89. The summed E-state index contributed by atoms with van der Waals surface area (Å²) in [5.41, 5.74) is 2.71. The molecule has 1 heterocycles. The molecule has 0 spiro atoms. The normalized spacial score (nSPS) is 14.5. The number of carbonyl (C=O) groups is 2. The lowest BCUT2D eigenvalue weighted by Gasteiger charge is -2.31. The van der Waals surface area contributed by atoms with Crippen molar-refractivity contribution in [1.29, 1.82) is 0 Å². The Hall–Kier alpha value is -3.53. The summed E-state index contributed by atoms with van der Waals surface area (Å²) in [5.74, 6) is -0.427. The van der Waals surface area contributed by atoms with Crippen molar-refractivity contribution in [3.63, 3.8) is 0 Å². The predicted octanol–water partition coefficient (Wildman–Crippen LogP) is 3.54. The quantitative estimate of drug-likeness (QED) is 0.285. The van der Waals surface area contributed by atoms with Crippen molar-refractivity contribution in [2.24, 2.45) is 0 Å². The summed E-state index contributed by atoms with van der Waals surface area (Å²) < 4.78 is 27.3. The molecule has 1 aliphatic rings. The van der Waals surface area contributed by atoms with E-state index in [1.54, 1.807) is 29.2 Å². The van der Waals surface area contributed by atoms with E-state index in [0.29, 0.717) is 38.9 Å². The molecule has 1 saturated heterocycles. The fourth-order valence-corrected chi connectivity index (χ4v) is 6.56. The fraction of sp³-hybridized carbons (Fsp3) is 0.375. The highest BCUT2D eigenvalue weighted by atomic mass is 32.2. The van der Waals surface area contributed by atoms with E-state index >= 15 is 0 Å². The molecule has 2 amide bonds. The van der Waals surface area contributed by atoms with Crippen LogP contribution < -0.4 is 5.32 Å². The van der Waals surface area contributed by atoms with E-state index < -0.39 is 16.1 Å². The van der Waals surface area contributed by atoms with Gasteiger partial charge in [-0.1, -0.05) is 72.8 Å². The molecule has 1 atom stereocenters. The highest BCUT2D eigenvalue weighted by Crippen LogP contribution is 2.22. The van der Waals surface area contributed by atoms with E-state index in [1.165, 1.54) is 4.31 Å². The van der Waals surface area contributed by atoms with Crippen LogP contribution in [0.15, 0.2) is 89.8 Å². The number of sulfonamides is 1. The monoisotopic (exact) mass is 577 g/mol. The predicted molar refractivity (Wildman–Crippen MR) is 158 cm³/mol. The van der Waals surface area contributed by atoms with Crippen LogP contribution in [0.4, 0.5) is 0 Å². The number of hydrogen-bond donors (Lipinski definition) is 2. The Labute approximate surface area is 243 Å². The van der Waals surface area contributed by atoms with Crippen LogP contribution in [0.2, 0.25) is 0 Å². The number of amides is 2. The molecule has 3 aromatic rings. The van der Waals surface area contributed by atoms with Gasteiger partial charge in [0.15, 0.2) is 0 Å². The van der Waals surface area contributed by atoms with Gasteiger partial charge in [0.25, 0.3) is 0 Å². The van der Waals surface area contributed by atoms with E-state index in [1.807, 2.05) is 60.7 Å². The molecular weight excluding hydrogens is 538 g/mol. The minimum Gasteiger partial charge on any atom is -0.396 e. The average molecular weight is 578 g/mol. The van der Waals surface area contributed by atoms with Gasteiger partial charge in [-0.3, -0.25) is 9.59 Å². The molecule has 0 radical (unpaired) electrons. The molecular formula is C32H39N3O5S. The summed E-state index contributed by atoms with van der Waals surface area (Å²) in [7, 11) is -3.50. The summed E-state index contributed by atoms with van der Waals surface area (Å²) in [5, 5.41) is 12.1. The van der Waals surface area contributed by atoms with E-state index in [2.05, 4.69) is 5.32 Å². The van der Waals surface area contributed by atoms with Gasteiger partial charge in [0.05, 0.1) is 4.90 Å². The second-order valence-corrected chi connectivity index (χ2v) is 12.3. The molecule has 0 aliphatic carbocycles. The molecule has 1 aliphatic heterocycles. The first kappa shape index (κ1) is 30.4. The van der Waals surface area contributed by atoms with Crippen LogP contribution in [0.5, 0.6) is 0 Å². The van der Waals surface area contributed by atoms with Gasteiger partial charge in [-0.25, -0.2) is 8.42 Å². The van der Waals surface area contributed by atoms with Crippen molar-refractivity contribution >= 4 is 21.8 Å². The van der Waals surface area contributed by atoms with E-state index in [0.717, 1.165) is 29.5 Å². The number of nitrogens with zero attached hydrogens (tertiary/aromatic N) is 2. The van der Waals surface area contributed by atoms with Gasteiger partial charge in [0.1, 0.15) is 6.04 Å². The minimum absolute atomic E-state index is 0.0333. The van der Waals surface area contributed by atoms with Crippen LogP contribution in [-0.2, 0) is 39.0 Å². The van der Waals surface area contributed by atoms with Crippen molar-refractivity contribution in [3.8, 4) is 0 Å². The lowest BCUT2D eigenvalue weighted by Crippen LogP contribution is -2.50. The second kappa shape index (κ2) is 14.9. The summed E-state index contributed by atoms with van der Waals surface area (Å²) in [6.07, 6.45) is 3.12. The van der Waals surface area contributed by atoms with Crippen LogP contribution in [-0.4, -0.2) is 66.8 Å². The topological polar surface area (TPSA) is 107 Å². The summed E-state index contributed by atoms with van der Waals surface area (Å²) in [4.78, 5) is 29.1. The summed E-state index contributed by atoms with van der Waals surface area (Å²) in [6, 6.07) is 25.2. The van der Waals surface area contributed by atoms with Crippen LogP contribution in [0.3, 0.4) is 0 Å². The zero-order chi connectivity index (χ0) is 29.1. The first-order valence-electron chi connectivity index (χ1n) is 14.2. The maximum absolute atomic E-state index is 13.8. The minimum atomic E-state index is -3.50. The third-order valence-electron chi connectivity index (χ3n) is 7.35. The number of aliphatic hydroxyl groups is 1. The molecule has 41 heavy (non-hydrogen) atoms. The fourth-order valence-electron chi connectivity index (χ4n) is 5.04. The Morgan fingerprint density at radius 1 is 0.854 bits per heavy atom. The first-order chi connectivity index (χ1) is 19.9. The first-order valence-corrected chi connectivity index (χ1v) is 15.7. The number of benzene rings is 3. The molecule has 0 saturated carbocycles. The smallest absolute Gasteiger partial charge is 0.243 e. The SMILES string of the molecule is O=C(NCCCO)C(Cc1ccccc1)N(Cc1ccccc1)C(=O)CCc1ccc(S(=O)(=O)N2CCCC2)cc1. The lowest BCUT2D eigenvalue weighted by molar-refractivity contribution is -0.141. The molecule has 3 aromatic carbocycles. The van der Waals surface area contributed by atoms with Crippen LogP contribution in [0.25, 0.3) is 0 Å². The molecule has 0 aromatic heterocycles. The van der Waals surface area contributed by atoms with Gasteiger partial charge in [-0.15, -0.1) is 0 Å². The Morgan fingerprint density at radius 2 is 1.46 bits per heavy atom. The van der Waals surface area contributed by atoms with Crippen LogP contribution in [0.1, 0.15) is 42.4 Å². The van der Waals surface area contributed by atoms with E-state index in [-0.39, 0.29) is 36.3 Å². The van der Waals surface area contributed by atoms with Gasteiger partial charge in [0, 0.05) is 45.6 Å². The van der Waals surface area contributed by atoms with Crippen molar-refractivity contribution in [2.75, 3.05) is 26.2 Å². The number of nitrogens with one attached hydrogen (secondary N) is 1. The van der Waals surface area contributed by atoms with Gasteiger partial charge >= 0.3 is 0 Å². The molecule has 0 bridgehead atoms. The van der Waals surface area contributed by atoms with Crippen molar-refractivity contribution in [3.05, 3.63) is 102 Å². The third-order valence-corrected chi connectivity index (χ3v) is 9.27. The van der Waals surface area contributed by atoms with Crippen molar-refractivity contribution < 1.29 is 23.1 Å². The Kier molecular flexibility index (Phi) is 11.1. The van der Waals surface area contributed by atoms with Crippen LogP contribution >= 0.6 is 0 Å². The maximum atomic E-state index is 13.8. The summed E-state index contributed by atoms with van der Waals surface area (Å²) in [6.45, 7) is 1.66. The Balaban J connectivity index is 1.52. The molecule has 1 fully saturated rings. The van der Waals surface area contributed by atoms with Crippen molar-refractivity contribution in [1.82, 2.24) is 14.5 Å². The molecule has 1 unspecified atom stereocenters. The van der Waals surface area contributed by atoms with Crippen molar-refractivity contribution in [2.45, 2.75) is 56.0 Å². The molecule has 218 valence electrons. The standard InChI is InChI=1S/C32H39N3O5S/c36-23-9-20-33-32(38)30(24-27-10-3-1-4-11-27)35(25-28-12-5-2-6-13-28)31(37)19-16-26-14-17-29(18-15-26)41(39,40)34-21-7-8-22-34/h1-6,10-15,17-18,30,36H,7-9,16,19-25H2,(H,33,38). The zero-order valence-electron chi connectivity index (χ0n) is 23.3. The second-order valence-electron chi connectivity index (χ2n) is 10.3. The number of aliphatic hydroxyl groups excluding tert-OH is 1. The largest absolute Gasteiger partial charge is 0.396 e. The maximum Gasteiger partial charge on any atom is 0.243 e. The zero-order valence-corrected chi connectivity index (χ0v) is 24.1. The van der Waals surface area contributed by atoms with Gasteiger partial charge in [0.2, 0.25) is 21.8 Å². The Morgan fingerprint density at radius 3 is 2.07 bits per heavy atom. The van der Waals surface area contributed by atoms with E-state index in [4.69, 9.17) is 0 Å². The average Bonchev–Trinajstić information content (AvgIpc) is 3.55. The van der Waals surface area contributed by atoms with Gasteiger partial charge in [-0.2, -0.15) is 4.31 Å². The summed E-state index contributed by atoms with van der Waals surface area (Å²) >= 11 is 0.